The van der Waals surface area contributed by atoms with E-state index in [4.69, 9.17) is 13.7 Å². The third-order valence-electron chi connectivity index (χ3n) is 6.42. The van der Waals surface area contributed by atoms with Gasteiger partial charge in [0.25, 0.3) is 11.5 Å². The Labute approximate surface area is 198 Å². The molecule has 1 aliphatic heterocycles. The summed E-state index contributed by atoms with van der Waals surface area (Å²) < 4.78 is 21.6. The monoisotopic (exact) mass is 469 g/mol. The van der Waals surface area contributed by atoms with Crippen LogP contribution in [0.2, 0.25) is 0 Å². The topological polar surface area (TPSA) is 85.9 Å². The highest BCUT2D eigenvalue weighted by molar-refractivity contribution is 7.81. The van der Waals surface area contributed by atoms with Gasteiger partial charge in [-0.1, -0.05) is 12.8 Å². The van der Waals surface area contributed by atoms with Gasteiger partial charge >= 0.3 is 7.12 Å². The fourth-order valence-electron chi connectivity index (χ4n) is 3.83. The summed E-state index contributed by atoms with van der Waals surface area (Å²) in [5.41, 5.74) is 1.53. The number of carbonyl (C=O) groups excluding carboxylic acids is 1. The van der Waals surface area contributed by atoms with Crippen LogP contribution in [0.3, 0.4) is 0 Å². The van der Waals surface area contributed by atoms with E-state index in [1.165, 1.54) is 17.7 Å². The van der Waals surface area contributed by atoms with E-state index in [9.17, 15) is 9.59 Å². The van der Waals surface area contributed by atoms with Gasteiger partial charge in [-0.2, -0.15) is 0 Å². The Morgan fingerprint density at radius 1 is 1.15 bits per heavy atom. The zero-order valence-corrected chi connectivity index (χ0v) is 20.7. The van der Waals surface area contributed by atoms with Gasteiger partial charge in [-0.05, 0) is 52.3 Å². The minimum atomic E-state index is -0.679. The largest absolute Gasteiger partial charge is 0.497 e. The second kappa shape index (κ2) is 7.97. The lowest BCUT2D eigenvalue weighted by Crippen LogP contribution is -2.41. The minimum Gasteiger partial charge on any atom is -0.439 e. The van der Waals surface area contributed by atoms with E-state index >= 15 is 0 Å². The number of furan rings is 1. The van der Waals surface area contributed by atoms with Gasteiger partial charge in [0, 0.05) is 49.0 Å². The third kappa shape index (κ3) is 3.86. The average molecular weight is 469 g/mol. The predicted molar refractivity (Wildman–Crippen MR) is 133 cm³/mol. The van der Waals surface area contributed by atoms with Gasteiger partial charge < -0.3 is 23.3 Å². The van der Waals surface area contributed by atoms with Crippen molar-refractivity contribution >= 4 is 48.0 Å². The number of anilines is 1. The van der Waals surface area contributed by atoms with Crippen LogP contribution in [0.1, 0.15) is 43.6 Å². The molecule has 10 heteroatoms. The molecule has 0 aliphatic carbocycles. The van der Waals surface area contributed by atoms with Crippen molar-refractivity contribution in [3.63, 3.8) is 0 Å². The van der Waals surface area contributed by atoms with Gasteiger partial charge in [-0.3, -0.25) is 14.2 Å². The zero-order chi connectivity index (χ0) is 24.3. The number of aromatic nitrogens is 1. The van der Waals surface area contributed by atoms with Crippen LogP contribution < -0.4 is 20.6 Å². The summed E-state index contributed by atoms with van der Waals surface area (Å²) in [4.78, 5) is 25.6. The summed E-state index contributed by atoms with van der Waals surface area (Å²) >= 11 is 4.50. The number of pyridine rings is 1. The van der Waals surface area contributed by atoms with Crippen LogP contribution in [0.5, 0.6) is 0 Å². The van der Waals surface area contributed by atoms with E-state index in [0.29, 0.717) is 22.1 Å². The number of fused-ring (bicyclic) bond motifs is 1. The van der Waals surface area contributed by atoms with E-state index < -0.39 is 18.3 Å². The molecule has 33 heavy (non-hydrogen) atoms. The van der Waals surface area contributed by atoms with E-state index in [-0.39, 0.29) is 22.9 Å². The number of aryl methyl sites for hydroxylation is 1. The molecule has 0 unspecified atom stereocenters. The number of hydrogen-bond acceptors (Lipinski definition) is 7. The molecule has 1 fully saturated rings. The highest BCUT2D eigenvalue weighted by atomic mass is 32.1. The van der Waals surface area contributed by atoms with Gasteiger partial charge in [0.2, 0.25) is 5.88 Å². The van der Waals surface area contributed by atoms with Crippen molar-refractivity contribution in [2.24, 2.45) is 0 Å². The Bertz CT molecular complexity index is 1300. The second-order valence-corrected chi connectivity index (χ2v) is 9.89. The fourth-order valence-corrected chi connectivity index (χ4v) is 4.01. The van der Waals surface area contributed by atoms with Gasteiger partial charge in [0.1, 0.15) is 11.1 Å². The molecule has 1 saturated heterocycles. The zero-order valence-electron chi connectivity index (χ0n) is 19.8. The normalized spacial score (nSPS) is 16.9. The van der Waals surface area contributed by atoms with E-state index in [2.05, 4.69) is 18.1 Å². The summed E-state index contributed by atoms with van der Waals surface area (Å²) in [6.07, 6.45) is 1.60. The first-order chi connectivity index (χ1) is 15.4. The molecule has 0 atom stereocenters. The van der Waals surface area contributed by atoms with Crippen molar-refractivity contribution in [2.75, 3.05) is 18.4 Å². The lowest BCUT2D eigenvalue weighted by atomic mass is 9.77. The molecule has 1 aromatic carbocycles. The van der Waals surface area contributed by atoms with Crippen LogP contribution in [0.15, 0.2) is 39.7 Å². The van der Waals surface area contributed by atoms with Gasteiger partial charge in [0.05, 0.1) is 11.2 Å². The van der Waals surface area contributed by atoms with Gasteiger partial charge in [-0.25, -0.2) is 0 Å². The molecule has 0 saturated carbocycles. The van der Waals surface area contributed by atoms with Crippen LogP contribution in [0.25, 0.3) is 16.9 Å². The molecule has 1 aliphatic rings. The predicted octanol–water partition coefficient (Wildman–Crippen LogP) is 2.83. The first-order valence-corrected chi connectivity index (χ1v) is 11.1. The summed E-state index contributed by atoms with van der Waals surface area (Å²) in [6.45, 7) is 9.74. The smallest absolute Gasteiger partial charge is 0.439 e. The van der Waals surface area contributed by atoms with Crippen LogP contribution in [0.4, 0.5) is 5.69 Å². The first kappa shape index (κ1) is 23.5. The fraction of sp³-hybridized carbons (Fsp3) is 0.391. The summed E-state index contributed by atoms with van der Waals surface area (Å²) in [5.74, 6) is -0.226. The maximum absolute atomic E-state index is 12.9. The molecule has 3 aromatic rings. The molecule has 4 rings (SSSR count). The van der Waals surface area contributed by atoms with Crippen molar-refractivity contribution in [3.8, 4) is 5.88 Å². The van der Waals surface area contributed by atoms with Crippen molar-refractivity contribution < 1.29 is 18.5 Å². The summed E-state index contributed by atoms with van der Waals surface area (Å²) in [6, 6.07) is 6.86. The van der Waals surface area contributed by atoms with Crippen LogP contribution in [-0.2, 0) is 9.31 Å². The number of hydrogen-bond donors (Lipinski definition) is 2. The number of amides is 1. The van der Waals surface area contributed by atoms with Gasteiger partial charge in [0.15, 0.2) is 0 Å². The maximum atomic E-state index is 12.9. The molecule has 1 N–H and O–H groups in total. The molecule has 2 aromatic heterocycles. The highest BCUT2D eigenvalue weighted by Crippen LogP contribution is 2.38. The lowest BCUT2D eigenvalue weighted by Gasteiger charge is -2.32. The Hall–Kier alpha value is -2.69. The Morgan fingerprint density at radius 2 is 1.79 bits per heavy atom. The first-order valence-electron chi connectivity index (χ1n) is 10.7. The quantitative estimate of drug-likeness (QED) is 0.452. The Morgan fingerprint density at radius 3 is 2.33 bits per heavy atom. The number of benzene rings is 1. The number of nitrogens with one attached hydrogen (secondary N) is 1. The molecule has 1 amide bonds. The molecule has 0 radical (unpaired) electrons. The maximum Gasteiger partial charge on any atom is 0.497 e. The van der Waals surface area contributed by atoms with Crippen molar-refractivity contribution in [2.45, 2.75) is 45.8 Å². The van der Waals surface area contributed by atoms with Crippen molar-refractivity contribution in [1.82, 2.24) is 9.88 Å². The SMILES string of the molecule is CNC(=O)c1c(-n2ccc(C)cc2=O)oc2cc(N(C)S)c(B3OC(C)(C)C(C)(C)O3)cc12. The number of nitrogens with zero attached hydrogens (tertiary/aromatic N) is 2. The highest BCUT2D eigenvalue weighted by Gasteiger charge is 2.52. The van der Waals surface area contributed by atoms with Crippen LogP contribution in [-0.4, -0.2) is 42.9 Å². The standard InChI is InChI=1S/C23H28BN3O5S/c1-13-8-9-27(18(28)10-13)21-19(20(29)25-6)14-11-15(16(26(7)33)12-17(14)30-21)24-31-22(2,3)23(4,5)32-24/h8-12,33H,1-7H3,(H,25,29). The average Bonchev–Trinajstić information content (AvgIpc) is 3.19. The Kier molecular flexibility index (Phi) is 5.67. The summed E-state index contributed by atoms with van der Waals surface area (Å²) in [7, 11) is 2.64. The van der Waals surface area contributed by atoms with Gasteiger partial charge in [-0.15, -0.1) is 0 Å². The van der Waals surface area contributed by atoms with E-state index in [0.717, 1.165) is 5.56 Å². The molecule has 3 heterocycles. The second-order valence-electron chi connectivity index (χ2n) is 9.29. The minimum absolute atomic E-state index is 0.146. The lowest BCUT2D eigenvalue weighted by molar-refractivity contribution is 0.00578. The van der Waals surface area contributed by atoms with Crippen LogP contribution in [0, 0.1) is 6.92 Å². The Balaban J connectivity index is 1.99. The molecule has 0 spiro atoms. The number of thiol groups is 1. The third-order valence-corrected chi connectivity index (χ3v) is 6.64. The number of carbonyl (C=O) groups is 1. The molecular formula is C23H28BN3O5S. The van der Waals surface area contributed by atoms with Crippen molar-refractivity contribution in [3.05, 3.63) is 51.9 Å². The molecular weight excluding hydrogens is 441 g/mol. The van der Waals surface area contributed by atoms with Crippen LogP contribution >= 0.6 is 12.8 Å². The molecule has 8 nitrogen and oxygen atoms in total. The van der Waals surface area contributed by atoms with E-state index in [1.807, 2.05) is 40.7 Å². The molecule has 0 bridgehead atoms. The van der Waals surface area contributed by atoms with E-state index in [1.54, 1.807) is 29.7 Å². The molecule has 174 valence electrons. The van der Waals surface area contributed by atoms with Crippen molar-refractivity contribution in [1.29, 1.82) is 0 Å². The summed E-state index contributed by atoms with van der Waals surface area (Å²) in [5, 5.41) is 3.19. The number of rotatable bonds is 4.